The molecule has 0 fully saturated rings. The van der Waals surface area contributed by atoms with Crippen LogP contribution in [0.1, 0.15) is 50.8 Å². The van der Waals surface area contributed by atoms with Gasteiger partial charge < -0.3 is 15.0 Å². The zero-order valence-electron chi connectivity index (χ0n) is 19.0. The Morgan fingerprint density at radius 1 is 1.00 bits per heavy atom. The predicted octanol–water partition coefficient (Wildman–Crippen LogP) is 4.09. The lowest BCUT2D eigenvalue weighted by Gasteiger charge is -2.28. The van der Waals surface area contributed by atoms with Crippen molar-refractivity contribution in [3.63, 3.8) is 0 Å². The molecule has 0 saturated heterocycles. The summed E-state index contributed by atoms with van der Waals surface area (Å²) in [5.41, 5.74) is 3.45. The molecule has 0 unspecified atom stereocenters. The molecule has 5 heteroatoms. The first kappa shape index (κ1) is 23.5. The normalized spacial score (nSPS) is 12.2. The zero-order chi connectivity index (χ0) is 22.3. The summed E-state index contributed by atoms with van der Waals surface area (Å²) in [7, 11) is 3.21. The fourth-order valence-corrected chi connectivity index (χ4v) is 3.29. The molecule has 2 aromatic rings. The van der Waals surface area contributed by atoms with Gasteiger partial charge in [0.1, 0.15) is 11.8 Å². The summed E-state index contributed by atoms with van der Waals surface area (Å²) < 4.78 is 5.20. The molecule has 0 aromatic heterocycles. The second-order valence-corrected chi connectivity index (χ2v) is 8.61. The van der Waals surface area contributed by atoms with Gasteiger partial charge in [0.05, 0.1) is 7.11 Å². The Kier molecular flexibility index (Phi) is 8.04. The Bertz CT molecular complexity index is 836. The Balaban J connectivity index is 2.10. The highest BCUT2D eigenvalue weighted by atomic mass is 16.5. The number of carbonyl (C=O) groups excluding carboxylic acids is 2. The number of carbonyl (C=O) groups is 2. The molecule has 30 heavy (non-hydrogen) atoms. The van der Waals surface area contributed by atoms with Crippen molar-refractivity contribution in [3.8, 4) is 5.75 Å². The van der Waals surface area contributed by atoms with E-state index in [4.69, 9.17) is 4.74 Å². The minimum atomic E-state index is -0.548. The maximum Gasteiger partial charge on any atom is 0.242 e. The van der Waals surface area contributed by atoms with E-state index in [1.54, 1.807) is 26.0 Å². The summed E-state index contributed by atoms with van der Waals surface area (Å²) in [5, 5.41) is 2.65. The number of amides is 2. The molecule has 0 aliphatic heterocycles. The summed E-state index contributed by atoms with van der Waals surface area (Å²) in [6.45, 7) is 8.69. The van der Waals surface area contributed by atoms with Crippen LogP contribution < -0.4 is 10.1 Å². The van der Waals surface area contributed by atoms with Crippen LogP contribution in [0.25, 0.3) is 0 Å². The lowest BCUT2D eigenvalue weighted by atomic mass is 9.86. The van der Waals surface area contributed by atoms with Crippen LogP contribution in [0.15, 0.2) is 48.5 Å². The Morgan fingerprint density at radius 3 is 2.07 bits per heavy atom. The van der Waals surface area contributed by atoms with E-state index in [0.717, 1.165) is 16.9 Å². The lowest BCUT2D eigenvalue weighted by molar-refractivity contribution is -0.140. The van der Waals surface area contributed by atoms with E-state index in [0.29, 0.717) is 19.4 Å². The molecule has 162 valence electrons. The number of benzene rings is 2. The first-order chi connectivity index (χ1) is 14.2. The molecule has 1 atom stereocenters. The SMILES string of the molecule is CNC(=O)[C@@H](C)N(Cc1ccc(OC)cc1)C(=O)CCc1ccc(C(C)(C)C)cc1. The fraction of sp³-hybridized carbons (Fsp3) is 0.440. The molecule has 1 N–H and O–H groups in total. The Labute approximate surface area is 180 Å². The standard InChI is InChI=1S/C25H34N2O3/c1-18(24(29)26-5)27(17-20-9-14-22(30-6)15-10-20)23(28)16-11-19-7-12-21(13-8-19)25(2,3)4/h7-10,12-15,18H,11,16-17H2,1-6H3,(H,26,29)/t18-/m1/s1. The highest BCUT2D eigenvalue weighted by Crippen LogP contribution is 2.23. The highest BCUT2D eigenvalue weighted by Gasteiger charge is 2.25. The Hall–Kier alpha value is -2.82. The van der Waals surface area contributed by atoms with Gasteiger partial charge >= 0.3 is 0 Å². The van der Waals surface area contributed by atoms with E-state index < -0.39 is 6.04 Å². The quantitative estimate of drug-likeness (QED) is 0.713. The number of aryl methyl sites for hydroxylation is 1. The van der Waals surface area contributed by atoms with Gasteiger partial charge in [-0.2, -0.15) is 0 Å². The summed E-state index contributed by atoms with van der Waals surface area (Å²) in [4.78, 5) is 26.9. The molecule has 2 aromatic carbocycles. The van der Waals surface area contributed by atoms with E-state index in [1.807, 2.05) is 24.3 Å². The summed E-state index contributed by atoms with van der Waals surface area (Å²) >= 11 is 0. The van der Waals surface area contributed by atoms with Gasteiger partial charge in [0.2, 0.25) is 11.8 Å². The van der Waals surface area contributed by atoms with Gasteiger partial charge in [-0.15, -0.1) is 0 Å². The van der Waals surface area contributed by atoms with Gasteiger partial charge in [-0.1, -0.05) is 57.2 Å². The topological polar surface area (TPSA) is 58.6 Å². The summed E-state index contributed by atoms with van der Waals surface area (Å²) in [6.07, 6.45) is 0.995. The molecule has 0 spiro atoms. The molecule has 0 saturated carbocycles. The average Bonchev–Trinajstić information content (AvgIpc) is 2.74. The molecule has 0 bridgehead atoms. The van der Waals surface area contributed by atoms with Gasteiger partial charge in [0, 0.05) is 20.0 Å². The lowest BCUT2D eigenvalue weighted by Crippen LogP contribution is -2.46. The van der Waals surface area contributed by atoms with Crippen LogP contribution in [0.4, 0.5) is 0 Å². The van der Waals surface area contributed by atoms with Crippen LogP contribution in [-0.4, -0.2) is 36.9 Å². The third-order valence-corrected chi connectivity index (χ3v) is 5.37. The van der Waals surface area contributed by atoms with Crippen molar-refractivity contribution in [2.75, 3.05) is 14.2 Å². The molecule has 0 radical (unpaired) electrons. The van der Waals surface area contributed by atoms with Gasteiger partial charge in [0.25, 0.3) is 0 Å². The number of likely N-dealkylation sites (N-methyl/N-ethyl adjacent to an activating group) is 1. The molecule has 2 rings (SSSR count). The zero-order valence-corrected chi connectivity index (χ0v) is 19.0. The summed E-state index contributed by atoms with van der Waals surface area (Å²) in [6, 6.07) is 15.4. The van der Waals surface area contributed by atoms with Crippen LogP contribution in [0.2, 0.25) is 0 Å². The number of nitrogens with one attached hydrogen (secondary N) is 1. The van der Waals surface area contributed by atoms with Crippen LogP contribution in [-0.2, 0) is 28.0 Å². The number of ether oxygens (including phenoxy) is 1. The smallest absolute Gasteiger partial charge is 0.242 e. The third-order valence-electron chi connectivity index (χ3n) is 5.37. The van der Waals surface area contributed by atoms with Gasteiger partial charge in [0.15, 0.2) is 0 Å². The van der Waals surface area contributed by atoms with E-state index >= 15 is 0 Å². The minimum absolute atomic E-state index is 0.0400. The maximum absolute atomic E-state index is 13.1. The van der Waals surface area contributed by atoms with Crippen molar-refractivity contribution in [2.45, 2.75) is 58.5 Å². The first-order valence-electron chi connectivity index (χ1n) is 10.4. The average molecular weight is 411 g/mol. The van der Waals surface area contributed by atoms with Crippen LogP contribution in [0, 0.1) is 0 Å². The summed E-state index contributed by atoms with van der Waals surface area (Å²) in [5.74, 6) is 0.544. The van der Waals surface area contributed by atoms with Crippen LogP contribution in [0.3, 0.4) is 0 Å². The predicted molar refractivity (Wildman–Crippen MR) is 121 cm³/mol. The van der Waals surface area contributed by atoms with Crippen molar-refractivity contribution in [1.29, 1.82) is 0 Å². The fourth-order valence-electron chi connectivity index (χ4n) is 3.29. The van der Waals surface area contributed by atoms with Crippen LogP contribution in [0.5, 0.6) is 5.75 Å². The molecule has 0 aliphatic rings. The van der Waals surface area contributed by atoms with E-state index in [-0.39, 0.29) is 17.2 Å². The number of methoxy groups -OCH3 is 1. The monoisotopic (exact) mass is 410 g/mol. The van der Waals surface area contributed by atoms with Crippen molar-refractivity contribution in [2.24, 2.45) is 0 Å². The van der Waals surface area contributed by atoms with E-state index in [9.17, 15) is 9.59 Å². The molecular formula is C25H34N2O3. The first-order valence-corrected chi connectivity index (χ1v) is 10.4. The second kappa shape index (κ2) is 10.3. The number of nitrogens with zero attached hydrogens (tertiary/aromatic N) is 1. The molecular weight excluding hydrogens is 376 g/mol. The van der Waals surface area contributed by atoms with E-state index in [2.05, 4.69) is 50.4 Å². The minimum Gasteiger partial charge on any atom is -0.497 e. The van der Waals surface area contributed by atoms with E-state index in [1.165, 1.54) is 5.56 Å². The van der Waals surface area contributed by atoms with Crippen molar-refractivity contribution >= 4 is 11.8 Å². The van der Waals surface area contributed by atoms with Gasteiger partial charge in [-0.25, -0.2) is 0 Å². The van der Waals surface area contributed by atoms with Crippen LogP contribution >= 0.6 is 0 Å². The van der Waals surface area contributed by atoms with Crippen molar-refractivity contribution in [3.05, 3.63) is 65.2 Å². The largest absolute Gasteiger partial charge is 0.497 e. The van der Waals surface area contributed by atoms with Crippen molar-refractivity contribution in [1.82, 2.24) is 10.2 Å². The number of rotatable bonds is 8. The highest BCUT2D eigenvalue weighted by molar-refractivity contribution is 5.87. The molecule has 2 amide bonds. The molecule has 0 heterocycles. The third kappa shape index (κ3) is 6.34. The molecule has 0 aliphatic carbocycles. The number of hydrogen-bond acceptors (Lipinski definition) is 3. The van der Waals surface area contributed by atoms with Gasteiger partial charge in [-0.05, 0) is 47.6 Å². The second-order valence-electron chi connectivity index (χ2n) is 8.61. The Morgan fingerprint density at radius 2 is 1.57 bits per heavy atom. The number of hydrogen-bond donors (Lipinski definition) is 1. The van der Waals surface area contributed by atoms with Gasteiger partial charge in [-0.3, -0.25) is 9.59 Å². The maximum atomic E-state index is 13.1. The molecule has 5 nitrogen and oxygen atoms in total. The van der Waals surface area contributed by atoms with Crippen molar-refractivity contribution < 1.29 is 14.3 Å².